The van der Waals surface area contributed by atoms with E-state index in [0.717, 1.165) is 4.90 Å². The number of hydrogen-bond acceptors (Lipinski definition) is 3. The number of imide groups is 1. The van der Waals surface area contributed by atoms with E-state index in [0.29, 0.717) is 11.3 Å². The standard InChI is InChI=1S/C13H6BrFN2O2/c14-10-5-7(1-2-11(10)15)17-12(18)8-3-4-16-6-9(8)13(17)19/h1-6H. The minimum atomic E-state index is -0.456. The third-order valence-electron chi connectivity index (χ3n) is 2.85. The Morgan fingerprint density at radius 2 is 1.84 bits per heavy atom. The number of anilines is 1. The van der Waals surface area contributed by atoms with Crippen molar-refractivity contribution in [3.05, 3.63) is 58.1 Å². The molecule has 1 aliphatic rings. The van der Waals surface area contributed by atoms with E-state index in [2.05, 4.69) is 20.9 Å². The van der Waals surface area contributed by atoms with Crippen LogP contribution < -0.4 is 4.90 Å². The van der Waals surface area contributed by atoms with E-state index in [4.69, 9.17) is 0 Å². The number of carbonyl (C=O) groups is 2. The van der Waals surface area contributed by atoms with Gasteiger partial charge in [-0.05, 0) is 40.2 Å². The molecule has 1 aromatic heterocycles. The van der Waals surface area contributed by atoms with Gasteiger partial charge in [0, 0.05) is 12.4 Å². The predicted molar refractivity (Wildman–Crippen MR) is 69.5 cm³/mol. The second-order valence-electron chi connectivity index (χ2n) is 3.97. The molecule has 2 heterocycles. The number of benzene rings is 1. The van der Waals surface area contributed by atoms with E-state index in [9.17, 15) is 14.0 Å². The summed E-state index contributed by atoms with van der Waals surface area (Å²) in [5.41, 5.74) is 0.882. The summed E-state index contributed by atoms with van der Waals surface area (Å²) >= 11 is 3.03. The normalized spacial score (nSPS) is 13.9. The van der Waals surface area contributed by atoms with Crippen LogP contribution >= 0.6 is 15.9 Å². The van der Waals surface area contributed by atoms with Crippen LogP contribution in [0.25, 0.3) is 0 Å². The molecule has 3 rings (SSSR count). The highest BCUT2D eigenvalue weighted by Crippen LogP contribution is 2.30. The van der Waals surface area contributed by atoms with Crippen LogP contribution in [0, 0.1) is 5.82 Å². The summed E-state index contributed by atoms with van der Waals surface area (Å²) in [4.78, 5) is 29.2. The molecule has 1 aliphatic heterocycles. The molecular formula is C13H6BrFN2O2. The number of aromatic nitrogens is 1. The molecule has 0 bridgehead atoms. The lowest BCUT2D eigenvalue weighted by Gasteiger charge is -2.14. The molecule has 0 spiro atoms. The van der Waals surface area contributed by atoms with E-state index in [-0.39, 0.29) is 10.0 Å². The molecule has 6 heteroatoms. The highest BCUT2D eigenvalue weighted by atomic mass is 79.9. The van der Waals surface area contributed by atoms with Crippen LogP contribution in [0.2, 0.25) is 0 Å². The van der Waals surface area contributed by atoms with Crippen LogP contribution in [0.5, 0.6) is 0 Å². The number of amides is 2. The van der Waals surface area contributed by atoms with Crippen LogP contribution in [0.4, 0.5) is 10.1 Å². The van der Waals surface area contributed by atoms with Gasteiger partial charge in [-0.25, -0.2) is 9.29 Å². The SMILES string of the molecule is O=C1c2ccncc2C(=O)N1c1ccc(F)c(Br)c1. The smallest absolute Gasteiger partial charge is 0.267 e. The van der Waals surface area contributed by atoms with Crippen molar-refractivity contribution >= 4 is 33.4 Å². The maximum Gasteiger partial charge on any atom is 0.267 e. The Balaban J connectivity index is 2.11. The molecule has 2 aromatic rings. The molecule has 0 saturated heterocycles. The fraction of sp³-hybridized carbons (Fsp3) is 0. The van der Waals surface area contributed by atoms with E-state index in [1.165, 1.54) is 36.7 Å². The lowest BCUT2D eigenvalue weighted by atomic mass is 10.2. The Morgan fingerprint density at radius 1 is 1.11 bits per heavy atom. The van der Waals surface area contributed by atoms with Crippen molar-refractivity contribution < 1.29 is 14.0 Å². The first-order chi connectivity index (χ1) is 9.09. The van der Waals surface area contributed by atoms with E-state index in [1.807, 2.05) is 0 Å². The van der Waals surface area contributed by atoms with E-state index >= 15 is 0 Å². The first-order valence-electron chi connectivity index (χ1n) is 5.37. The molecule has 0 aliphatic carbocycles. The number of fused-ring (bicyclic) bond motifs is 1. The van der Waals surface area contributed by atoms with Gasteiger partial charge in [0.2, 0.25) is 0 Å². The van der Waals surface area contributed by atoms with Crippen molar-refractivity contribution in [2.24, 2.45) is 0 Å². The van der Waals surface area contributed by atoms with Crippen LogP contribution in [0.15, 0.2) is 41.1 Å². The van der Waals surface area contributed by atoms with Crippen molar-refractivity contribution in [3.8, 4) is 0 Å². The van der Waals surface area contributed by atoms with Crippen LogP contribution in [0.3, 0.4) is 0 Å². The summed E-state index contributed by atoms with van der Waals surface area (Å²) in [6.45, 7) is 0. The highest BCUT2D eigenvalue weighted by Gasteiger charge is 2.36. The van der Waals surface area contributed by atoms with Gasteiger partial charge in [-0.3, -0.25) is 14.6 Å². The molecule has 4 nitrogen and oxygen atoms in total. The quantitative estimate of drug-likeness (QED) is 0.759. The van der Waals surface area contributed by atoms with Crippen molar-refractivity contribution in [1.29, 1.82) is 0 Å². The van der Waals surface area contributed by atoms with Gasteiger partial charge in [0.05, 0.1) is 21.3 Å². The van der Waals surface area contributed by atoms with Crippen LogP contribution in [-0.2, 0) is 0 Å². The molecule has 0 unspecified atom stereocenters. The number of pyridine rings is 1. The summed E-state index contributed by atoms with van der Waals surface area (Å²) in [6.07, 6.45) is 2.81. The topological polar surface area (TPSA) is 50.3 Å². The Bertz CT molecular complexity index is 683. The number of halogens is 2. The summed E-state index contributed by atoms with van der Waals surface area (Å²) in [7, 11) is 0. The molecule has 0 fully saturated rings. The van der Waals surface area contributed by atoms with Crippen LogP contribution in [-0.4, -0.2) is 16.8 Å². The molecule has 2 amide bonds. The number of nitrogens with zero attached hydrogens (tertiary/aromatic N) is 2. The molecule has 0 radical (unpaired) electrons. The minimum absolute atomic E-state index is 0.194. The summed E-state index contributed by atoms with van der Waals surface area (Å²) in [6, 6.07) is 5.47. The summed E-state index contributed by atoms with van der Waals surface area (Å²) in [5, 5.41) is 0. The van der Waals surface area contributed by atoms with Gasteiger partial charge in [0.15, 0.2) is 0 Å². The van der Waals surface area contributed by atoms with Gasteiger partial charge < -0.3 is 0 Å². The van der Waals surface area contributed by atoms with E-state index < -0.39 is 17.6 Å². The second kappa shape index (κ2) is 4.24. The highest BCUT2D eigenvalue weighted by molar-refractivity contribution is 9.10. The van der Waals surface area contributed by atoms with Gasteiger partial charge >= 0.3 is 0 Å². The number of carbonyl (C=O) groups excluding carboxylic acids is 2. The third kappa shape index (κ3) is 1.76. The van der Waals surface area contributed by atoms with E-state index in [1.54, 1.807) is 0 Å². The molecule has 0 saturated carbocycles. The minimum Gasteiger partial charge on any atom is -0.268 e. The molecule has 19 heavy (non-hydrogen) atoms. The Hall–Kier alpha value is -2.08. The average Bonchev–Trinajstić information content (AvgIpc) is 2.66. The Labute approximate surface area is 116 Å². The Morgan fingerprint density at radius 3 is 2.53 bits per heavy atom. The molecule has 0 atom stereocenters. The fourth-order valence-electron chi connectivity index (χ4n) is 1.94. The number of rotatable bonds is 1. The number of hydrogen-bond donors (Lipinski definition) is 0. The van der Waals surface area contributed by atoms with Crippen molar-refractivity contribution in [2.45, 2.75) is 0 Å². The lowest BCUT2D eigenvalue weighted by Crippen LogP contribution is -2.29. The molecule has 1 aromatic carbocycles. The zero-order chi connectivity index (χ0) is 13.6. The monoisotopic (exact) mass is 320 g/mol. The third-order valence-corrected chi connectivity index (χ3v) is 3.46. The summed E-state index contributed by atoms with van der Waals surface area (Å²) < 4.78 is 13.4. The fourth-order valence-corrected chi connectivity index (χ4v) is 2.31. The van der Waals surface area contributed by atoms with Crippen molar-refractivity contribution in [2.75, 3.05) is 4.90 Å². The van der Waals surface area contributed by atoms with Crippen LogP contribution in [0.1, 0.15) is 20.7 Å². The zero-order valence-electron chi connectivity index (χ0n) is 9.43. The molecular weight excluding hydrogens is 315 g/mol. The lowest BCUT2D eigenvalue weighted by molar-refractivity contribution is 0.0926. The average molecular weight is 321 g/mol. The van der Waals surface area contributed by atoms with Gasteiger partial charge in [-0.1, -0.05) is 0 Å². The first-order valence-corrected chi connectivity index (χ1v) is 6.17. The maximum atomic E-state index is 13.2. The van der Waals surface area contributed by atoms with Crippen molar-refractivity contribution in [1.82, 2.24) is 4.98 Å². The van der Waals surface area contributed by atoms with Gasteiger partial charge in [-0.2, -0.15) is 0 Å². The first kappa shape index (κ1) is 12.0. The second-order valence-corrected chi connectivity index (χ2v) is 4.82. The van der Waals surface area contributed by atoms with Crippen molar-refractivity contribution in [3.63, 3.8) is 0 Å². The molecule has 94 valence electrons. The Kier molecular flexibility index (Phi) is 2.67. The largest absolute Gasteiger partial charge is 0.268 e. The van der Waals surface area contributed by atoms with Gasteiger partial charge in [0.25, 0.3) is 11.8 Å². The van der Waals surface area contributed by atoms with Gasteiger partial charge in [0.1, 0.15) is 5.82 Å². The predicted octanol–water partition coefficient (Wildman–Crippen LogP) is 2.78. The molecule has 0 N–H and O–H groups in total. The zero-order valence-corrected chi connectivity index (χ0v) is 11.0. The summed E-state index contributed by atoms with van der Waals surface area (Å²) in [5.74, 6) is -1.34. The van der Waals surface area contributed by atoms with Gasteiger partial charge in [-0.15, -0.1) is 0 Å². The maximum absolute atomic E-state index is 13.2.